The average molecular weight is 655 g/mol. The molecule has 47 heavy (non-hydrogen) atoms. The number of pyridine rings is 1. The molecule has 2 amide bonds. The maximum absolute atomic E-state index is 14.3. The van der Waals surface area contributed by atoms with Gasteiger partial charge in [0.05, 0.1) is 6.54 Å². The molecule has 2 aliphatic carbocycles. The number of nitrogens with zero attached hydrogens (tertiary/aromatic N) is 5. The number of benzene rings is 1. The fourth-order valence-electron chi connectivity index (χ4n) is 7.73. The molecule has 4 aliphatic rings. The van der Waals surface area contributed by atoms with Gasteiger partial charge in [-0.3, -0.25) is 14.6 Å². The summed E-state index contributed by atoms with van der Waals surface area (Å²) in [6.45, 7) is 3.13. The van der Waals surface area contributed by atoms with Crippen molar-refractivity contribution in [2.24, 2.45) is 5.92 Å². The molecule has 1 saturated heterocycles. The first-order chi connectivity index (χ1) is 22.7. The van der Waals surface area contributed by atoms with Crippen LogP contribution in [-0.4, -0.2) is 79.3 Å². The molecule has 11 heteroatoms. The lowest BCUT2D eigenvalue weighted by Crippen LogP contribution is -2.49. The highest BCUT2D eigenvalue weighted by molar-refractivity contribution is 7.87. The summed E-state index contributed by atoms with van der Waals surface area (Å²) >= 11 is 0. The van der Waals surface area contributed by atoms with E-state index in [0.29, 0.717) is 25.6 Å². The zero-order chi connectivity index (χ0) is 32.7. The molecule has 2 aliphatic heterocycles. The van der Waals surface area contributed by atoms with Crippen molar-refractivity contribution in [2.45, 2.75) is 50.5 Å². The summed E-state index contributed by atoms with van der Waals surface area (Å²) < 4.78 is 30.4. The first-order valence-electron chi connectivity index (χ1n) is 16.6. The van der Waals surface area contributed by atoms with Crippen molar-refractivity contribution in [3.8, 4) is 0 Å². The summed E-state index contributed by atoms with van der Waals surface area (Å²) in [6, 6.07) is 9.53. The van der Waals surface area contributed by atoms with Gasteiger partial charge in [0.2, 0.25) is 0 Å². The molecule has 2 atom stereocenters. The molecule has 2 fully saturated rings. The predicted octanol–water partition coefficient (Wildman–Crippen LogP) is 4.73. The molecule has 10 nitrogen and oxygen atoms in total. The van der Waals surface area contributed by atoms with E-state index in [4.69, 9.17) is 0 Å². The first-order valence-corrected chi connectivity index (χ1v) is 18.1. The lowest BCUT2D eigenvalue weighted by atomic mass is 9.77. The SMILES string of the molecule is CN(C)S(=O)(=O)NC(=O)c1ccc2c(C3CCCCC3)c3n(c2c1)CC(C(=O)N1CCN(c2ccncc2)CC1)=CC1C=CC=CC31. The van der Waals surface area contributed by atoms with Gasteiger partial charge in [-0.05, 0) is 48.6 Å². The van der Waals surface area contributed by atoms with Crippen LogP contribution in [0, 0.1) is 5.92 Å². The second kappa shape index (κ2) is 12.8. The predicted molar refractivity (Wildman–Crippen MR) is 183 cm³/mol. The Morgan fingerprint density at radius 3 is 2.38 bits per heavy atom. The normalized spacial score (nSPS) is 21.7. The lowest BCUT2D eigenvalue weighted by molar-refractivity contribution is -0.127. The Bertz CT molecular complexity index is 1880. The Balaban J connectivity index is 1.28. The molecule has 2 aromatic heterocycles. The van der Waals surface area contributed by atoms with Crippen molar-refractivity contribution in [1.29, 1.82) is 0 Å². The van der Waals surface area contributed by atoms with Crippen LogP contribution in [0.3, 0.4) is 0 Å². The Hall–Kier alpha value is -4.22. The summed E-state index contributed by atoms with van der Waals surface area (Å²) in [5.41, 5.74) is 5.50. The third-order valence-corrected chi connectivity index (χ3v) is 11.6. The van der Waals surface area contributed by atoms with Gasteiger partial charge in [0.25, 0.3) is 11.8 Å². The van der Waals surface area contributed by atoms with E-state index in [-0.39, 0.29) is 23.3 Å². The van der Waals surface area contributed by atoms with Gasteiger partial charge in [-0.2, -0.15) is 12.7 Å². The van der Waals surface area contributed by atoms with E-state index in [1.165, 1.54) is 44.6 Å². The highest BCUT2D eigenvalue weighted by Crippen LogP contribution is 2.47. The number of amides is 2. The van der Waals surface area contributed by atoms with Crippen LogP contribution >= 0.6 is 0 Å². The highest BCUT2D eigenvalue weighted by Gasteiger charge is 2.36. The van der Waals surface area contributed by atoms with Crippen molar-refractivity contribution in [3.63, 3.8) is 0 Å². The third-order valence-electron chi connectivity index (χ3n) is 10.2. The summed E-state index contributed by atoms with van der Waals surface area (Å²) in [5.74, 6) is -0.181. The molecule has 1 aromatic carbocycles. The standard InChI is InChI=1S/C36H42N6O4S/c1-39(2)47(45,46)38-35(43)27-12-13-31-32(23-27)42-24-28(36(44)41-20-18-40(19-21-41)29-14-16-37-17-15-29)22-26-10-6-7-11-30(26)34(42)33(31)25-8-4-3-5-9-25/h6-7,10-17,22-23,25-26,30H,3-5,8-9,18-21,24H2,1-2H3,(H,38,43). The van der Waals surface area contributed by atoms with E-state index in [2.05, 4.69) is 49.6 Å². The molecule has 1 saturated carbocycles. The van der Waals surface area contributed by atoms with E-state index in [1.54, 1.807) is 18.5 Å². The number of allylic oxidation sites excluding steroid dienone is 5. The average Bonchev–Trinajstić information content (AvgIpc) is 3.30. The Labute approximate surface area is 276 Å². The minimum Gasteiger partial charge on any atom is -0.368 e. The number of aromatic nitrogens is 2. The molecule has 0 spiro atoms. The molecular weight excluding hydrogens is 613 g/mol. The molecule has 3 aromatic rings. The fraction of sp³-hybridized carbons (Fsp3) is 0.417. The van der Waals surface area contributed by atoms with Crippen LogP contribution in [0.5, 0.6) is 0 Å². The van der Waals surface area contributed by atoms with Crippen LogP contribution in [0.15, 0.2) is 78.7 Å². The Morgan fingerprint density at radius 2 is 1.66 bits per heavy atom. The zero-order valence-electron chi connectivity index (χ0n) is 27.0. The maximum atomic E-state index is 14.3. The zero-order valence-corrected chi connectivity index (χ0v) is 27.8. The van der Waals surface area contributed by atoms with Crippen LogP contribution in [-0.2, 0) is 21.5 Å². The first kappa shape index (κ1) is 31.4. The van der Waals surface area contributed by atoms with Gasteiger partial charge >= 0.3 is 10.2 Å². The number of nitrogens with one attached hydrogen (secondary N) is 1. The fourth-order valence-corrected chi connectivity index (χ4v) is 8.27. The largest absolute Gasteiger partial charge is 0.368 e. The molecule has 0 bridgehead atoms. The summed E-state index contributed by atoms with van der Waals surface area (Å²) in [6.07, 6.45) is 20.2. The number of piperazine rings is 1. The van der Waals surface area contributed by atoms with Crippen LogP contribution in [0.4, 0.5) is 5.69 Å². The van der Waals surface area contributed by atoms with Gasteiger partial charge in [-0.1, -0.05) is 55.7 Å². The van der Waals surface area contributed by atoms with E-state index in [1.807, 2.05) is 29.2 Å². The minimum atomic E-state index is -3.96. The summed E-state index contributed by atoms with van der Waals surface area (Å²) in [5, 5.41) is 1.08. The topological polar surface area (TPSA) is 108 Å². The van der Waals surface area contributed by atoms with Crippen LogP contribution < -0.4 is 9.62 Å². The van der Waals surface area contributed by atoms with Crippen molar-refractivity contribution in [3.05, 3.63) is 95.5 Å². The Morgan fingerprint density at radius 1 is 0.936 bits per heavy atom. The minimum absolute atomic E-state index is 0.0259. The lowest BCUT2D eigenvalue weighted by Gasteiger charge is -2.36. The van der Waals surface area contributed by atoms with Crippen molar-refractivity contribution in [2.75, 3.05) is 45.2 Å². The van der Waals surface area contributed by atoms with Crippen molar-refractivity contribution < 1.29 is 18.0 Å². The Kier molecular flexibility index (Phi) is 8.52. The van der Waals surface area contributed by atoms with E-state index in [9.17, 15) is 18.0 Å². The van der Waals surface area contributed by atoms with Gasteiger partial charge in [-0.25, -0.2) is 4.72 Å². The molecule has 4 heterocycles. The third kappa shape index (κ3) is 6.02. The van der Waals surface area contributed by atoms with Crippen molar-refractivity contribution >= 4 is 38.6 Å². The summed E-state index contributed by atoms with van der Waals surface area (Å²) in [4.78, 5) is 36.0. The number of hydrogen-bond donors (Lipinski definition) is 1. The summed E-state index contributed by atoms with van der Waals surface area (Å²) in [7, 11) is -1.19. The molecule has 246 valence electrons. The maximum Gasteiger partial charge on any atom is 0.303 e. The number of carbonyl (C=O) groups excluding carboxylic acids is 2. The van der Waals surface area contributed by atoms with E-state index in [0.717, 1.165) is 52.4 Å². The number of rotatable bonds is 6. The van der Waals surface area contributed by atoms with Gasteiger partial charge in [0.15, 0.2) is 0 Å². The second-order valence-corrected chi connectivity index (χ2v) is 15.1. The second-order valence-electron chi connectivity index (χ2n) is 13.2. The van der Waals surface area contributed by atoms with Crippen LogP contribution in [0.25, 0.3) is 10.9 Å². The molecule has 1 N–H and O–H groups in total. The number of anilines is 1. The molecular formula is C36H42N6O4S. The number of hydrogen-bond acceptors (Lipinski definition) is 6. The number of carbonyl (C=O) groups is 2. The van der Waals surface area contributed by atoms with Crippen LogP contribution in [0.1, 0.15) is 65.6 Å². The van der Waals surface area contributed by atoms with Gasteiger partial charge in [0, 0.05) is 97.9 Å². The molecule has 2 unspecified atom stereocenters. The van der Waals surface area contributed by atoms with Gasteiger partial charge < -0.3 is 14.4 Å². The number of fused-ring (bicyclic) bond motifs is 5. The monoisotopic (exact) mass is 654 g/mol. The molecule has 0 radical (unpaired) electrons. The highest BCUT2D eigenvalue weighted by atomic mass is 32.2. The quantitative estimate of drug-likeness (QED) is 0.412. The molecule has 7 rings (SSSR count). The van der Waals surface area contributed by atoms with Gasteiger partial charge in [0.1, 0.15) is 0 Å². The van der Waals surface area contributed by atoms with Crippen molar-refractivity contribution in [1.82, 2.24) is 23.5 Å². The smallest absolute Gasteiger partial charge is 0.303 e. The van der Waals surface area contributed by atoms with Gasteiger partial charge in [-0.15, -0.1) is 0 Å². The van der Waals surface area contributed by atoms with E-state index < -0.39 is 16.1 Å². The van der Waals surface area contributed by atoms with E-state index >= 15 is 0 Å². The van der Waals surface area contributed by atoms with Crippen LogP contribution in [0.2, 0.25) is 0 Å².